The van der Waals surface area contributed by atoms with Crippen LogP contribution < -0.4 is 10.9 Å². The van der Waals surface area contributed by atoms with Gasteiger partial charge in [-0.15, -0.1) is 0 Å². The van der Waals surface area contributed by atoms with Gasteiger partial charge in [-0.1, -0.05) is 19.4 Å². The van der Waals surface area contributed by atoms with Crippen LogP contribution in [0.3, 0.4) is 0 Å². The van der Waals surface area contributed by atoms with Crippen LogP contribution >= 0.6 is 0 Å². The Morgan fingerprint density at radius 2 is 2.18 bits per heavy atom. The molecular weight excluding hydrogens is 246 g/mol. The summed E-state index contributed by atoms with van der Waals surface area (Å²) in [5.41, 5.74) is 3.76. The third kappa shape index (κ3) is 2.54. The molecule has 0 heterocycles. The van der Waals surface area contributed by atoms with Crippen LogP contribution in [0.4, 0.5) is 0 Å². The van der Waals surface area contributed by atoms with E-state index in [0.717, 1.165) is 0 Å². The minimum atomic E-state index is -3.98. The van der Waals surface area contributed by atoms with Gasteiger partial charge >= 0.3 is 0 Å². The van der Waals surface area contributed by atoms with E-state index in [0.29, 0.717) is 6.42 Å². The van der Waals surface area contributed by atoms with Crippen molar-refractivity contribution in [2.24, 2.45) is 16.8 Å². The van der Waals surface area contributed by atoms with Crippen molar-refractivity contribution < 1.29 is 13.3 Å². The van der Waals surface area contributed by atoms with E-state index in [2.05, 4.69) is 0 Å². The van der Waals surface area contributed by atoms with E-state index in [4.69, 9.17) is 10.9 Å². The molecule has 17 heavy (non-hydrogen) atoms. The number of nitro groups is 1. The van der Waals surface area contributed by atoms with Gasteiger partial charge in [-0.3, -0.25) is 15.8 Å². The van der Waals surface area contributed by atoms with Crippen LogP contribution in [-0.2, 0) is 10.0 Å². The monoisotopic (exact) mass is 261 g/mol. The molecule has 0 aromatic heterocycles. The zero-order valence-corrected chi connectivity index (χ0v) is 10.2. The molecule has 2 unspecified atom stereocenters. The average Bonchev–Trinajstić information content (AvgIpc) is 2.19. The predicted octanol–water partition coefficient (Wildman–Crippen LogP) is 0.0766. The van der Waals surface area contributed by atoms with Gasteiger partial charge < -0.3 is 0 Å². The number of rotatable bonds is 4. The van der Waals surface area contributed by atoms with Gasteiger partial charge in [-0.2, -0.15) is 0 Å². The first-order valence-corrected chi connectivity index (χ1v) is 6.63. The van der Waals surface area contributed by atoms with Crippen molar-refractivity contribution in [3.8, 4) is 0 Å². The predicted molar refractivity (Wildman–Crippen MR) is 62.6 cm³/mol. The summed E-state index contributed by atoms with van der Waals surface area (Å²) in [6, 6.07) is 0. The molecule has 7 nitrogen and oxygen atoms in total. The van der Waals surface area contributed by atoms with Gasteiger partial charge in [0.05, 0.1) is 10.8 Å². The molecule has 0 amide bonds. The first-order chi connectivity index (χ1) is 7.73. The fraction of sp³-hybridized carbons (Fsp3) is 0.556. The molecule has 0 bridgehead atoms. The molecule has 2 atom stereocenters. The van der Waals surface area contributed by atoms with Crippen LogP contribution in [0.2, 0.25) is 0 Å². The molecule has 0 aliphatic heterocycles. The summed E-state index contributed by atoms with van der Waals surface area (Å²) in [6.45, 7) is 1.79. The normalized spacial score (nSPS) is 28.9. The van der Waals surface area contributed by atoms with Crippen molar-refractivity contribution >= 4 is 10.0 Å². The van der Waals surface area contributed by atoms with Gasteiger partial charge in [0.15, 0.2) is 0 Å². The molecule has 1 aliphatic carbocycles. The van der Waals surface area contributed by atoms with Gasteiger partial charge in [0.25, 0.3) is 5.66 Å². The SMILES string of the molecule is CCCC1C(S(N)(=O)=O)=CC=CC1(N)[N+](=O)[O-]. The maximum atomic E-state index is 11.4. The highest BCUT2D eigenvalue weighted by molar-refractivity contribution is 7.93. The Balaban J connectivity index is 3.30. The second kappa shape index (κ2) is 4.55. The Hall–Kier alpha value is -1.25. The number of nitrogens with two attached hydrogens (primary N) is 2. The number of sulfonamides is 1. The van der Waals surface area contributed by atoms with Gasteiger partial charge in [0.1, 0.15) is 0 Å². The summed E-state index contributed by atoms with van der Waals surface area (Å²) in [4.78, 5) is 10.1. The minimum absolute atomic E-state index is 0.180. The lowest BCUT2D eigenvalue weighted by Crippen LogP contribution is -2.55. The van der Waals surface area contributed by atoms with Crippen molar-refractivity contribution in [1.29, 1.82) is 0 Å². The average molecular weight is 261 g/mol. The second-order valence-electron chi connectivity index (χ2n) is 3.96. The van der Waals surface area contributed by atoms with Crippen LogP contribution in [0.1, 0.15) is 19.8 Å². The number of hydrogen-bond donors (Lipinski definition) is 2. The molecule has 0 saturated carbocycles. The van der Waals surface area contributed by atoms with Crippen LogP contribution in [0.15, 0.2) is 23.1 Å². The van der Waals surface area contributed by atoms with E-state index in [9.17, 15) is 18.5 Å². The molecule has 96 valence electrons. The fourth-order valence-corrected chi connectivity index (χ4v) is 2.87. The molecule has 0 aromatic carbocycles. The van der Waals surface area contributed by atoms with E-state index >= 15 is 0 Å². The van der Waals surface area contributed by atoms with Gasteiger partial charge in [0, 0.05) is 11.0 Å². The smallest absolute Gasteiger partial charge is 0.262 e. The van der Waals surface area contributed by atoms with Crippen molar-refractivity contribution in [2.75, 3.05) is 0 Å². The maximum absolute atomic E-state index is 11.4. The lowest BCUT2D eigenvalue weighted by Gasteiger charge is -2.29. The highest BCUT2D eigenvalue weighted by Gasteiger charge is 2.49. The van der Waals surface area contributed by atoms with Crippen LogP contribution in [0, 0.1) is 16.0 Å². The zero-order chi connectivity index (χ0) is 13.3. The topological polar surface area (TPSA) is 129 Å². The summed E-state index contributed by atoms with van der Waals surface area (Å²) in [5.74, 6) is -0.928. The maximum Gasteiger partial charge on any atom is 0.299 e. The van der Waals surface area contributed by atoms with E-state index in [-0.39, 0.29) is 11.3 Å². The number of allylic oxidation sites excluding steroid dienone is 2. The molecule has 8 heteroatoms. The van der Waals surface area contributed by atoms with Crippen LogP contribution in [-0.4, -0.2) is 19.0 Å². The Kier molecular flexibility index (Phi) is 3.70. The third-order valence-corrected chi connectivity index (χ3v) is 3.83. The summed E-state index contributed by atoms with van der Waals surface area (Å²) >= 11 is 0. The number of nitrogens with zero attached hydrogens (tertiary/aromatic N) is 1. The van der Waals surface area contributed by atoms with E-state index in [1.54, 1.807) is 6.92 Å². The number of primary sulfonamides is 1. The zero-order valence-electron chi connectivity index (χ0n) is 9.37. The molecule has 0 saturated heterocycles. The van der Waals surface area contributed by atoms with Crippen LogP contribution in [0.25, 0.3) is 0 Å². The summed E-state index contributed by atoms with van der Waals surface area (Å²) in [5, 5.41) is 16.0. The van der Waals surface area contributed by atoms with E-state index < -0.39 is 26.5 Å². The van der Waals surface area contributed by atoms with Gasteiger partial charge in [-0.05, 0) is 12.5 Å². The second-order valence-corrected chi connectivity index (χ2v) is 5.52. The lowest BCUT2D eigenvalue weighted by atomic mass is 9.85. The quantitative estimate of drug-likeness (QED) is 0.420. The highest BCUT2D eigenvalue weighted by atomic mass is 32.2. The van der Waals surface area contributed by atoms with Gasteiger partial charge in [0.2, 0.25) is 10.0 Å². The minimum Gasteiger partial charge on any atom is -0.262 e. The Morgan fingerprint density at radius 1 is 1.59 bits per heavy atom. The van der Waals surface area contributed by atoms with Crippen LogP contribution in [0.5, 0.6) is 0 Å². The molecule has 0 spiro atoms. The van der Waals surface area contributed by atoms with E-state index in [1.807, 2.05) is 0 Å². The molecule has 0 fully saturated rings. The van der Waals surface area contributed by atoms with Crippen molar-refractivity contribution in [2.45, 2.75) is 25.4 Å². The van der Waals surface area contributed by atoms with Crippen molar-refractivity contribution in [1.82, 2.24) is 0 Å². The number of hydrogen-bond acceptors (Lipinski definition) is 5. The first kappa shape index (κ1) is 13.8. The summed E-state index contributed by atoms with van der Waals surface area (Å²) in [6.07, 6.45) is 4.57. The molecular formula is C9H15N3O4S. The Morgan fingerprint density at radius 3 is 2.59 bits per heavy atom. The Labute approximate surface area is 99.4 Å². The van der Waals surface area contributed by atoms with Crippen molar-refractivity contribution in [3.05, 3.63) is 33.2 Å². The molecule has 1 aliphatic rings. The van der Waals surface area contributed by atoms with Crippen molar-refractivity contribution in [3.63, 3.8) is 0 Å². The third-order valence-electron chi connectivity index (χ3n) is 2.75. The standard InChI is InChI=1S/C9H15N3O4S/c1-2-4-7-8(17(11,15)16)5-3-6-9(7,10)12(13)14/h3,5-7H,2,4,10H2,1H3,(H2,11,15,16). The van der Waals surface area contributed by atoms with Gasteiger partial charge in [-0.25, -0.2) is 13.6 Å². The summed E-state index contributed by atoms with van der Waals surface area (Å²) in [7, 11) is -3.98. The lowest BCUT2D eigenvalue weighted by molar-refractivity contribution is -0.563. The highest BCUT2D eigenvalue weighted by Crippen LogP contribution is 2.34. The summed E-state index contributed by atoms with van der Waals surface area (Å²) < 4.78 is 22.8. The molecule has 0 radical (unpaired) electrons. The molecule has 4 N–H and O–H groups in total. The largest absolute Gasteiger partial charge is 0.299 e. The molecule has 1 rings (SSSR count). The van der Waals surface area contributed by atoms with E-state index in [1.165, 1.54) is 18.2 Å². The Bertz CT molecular complexity index is 482. The fourth-order valence-electron chi connectivity index (χ4n) is 1.90. The molecule has 0 aromatic rings. The first-order valence-electron chi connectivity index (χ1n) is 5.09.